The first-order valence-corrected chi connectivity index (χ1v) is 12.8. The number of hydrogen-bond donors (Lipinski definition) is 1. The monoisotopic (exact) mass is 502 g/mol. The fraction of sp³-hybridized carbons (Fsp3) is 0. The van der Waals surface area contributed by atoms with Gasteiger partial charge in [-0.15, -0.1) is 0 Å². The molecule has 0 amide bonds. The van der Waals surface area contributed by atoms with Gasteiger partial charge >= 0.3 is 0 Å². The fourth-order valence-corrected chi connectivity index (χ4v) is 5.72. The van der Waals surface area contributed by atoms with E-state index in [-0.39, 0.29) is 0 Å². The Morgan fingerprint density at radius 1 is 0.615 bits per heavy atom. The Kier molecular flexibility index (Phi) is 3.96. The molecular formula is C33H18N4O2. The number of H-pyrrole nitrogens is 1. The smallest absolute Gasteiger partial charge is 0.219 e. The second-order valence-electron chi connectivity index (χ2n) is 9.74. The van der Waals surface area contributed by atoms with Crippen molar-refractivity contribution in [3.63, 3.8) is 0 Å². The number of hydrogen-bond acceptors (Lipinski definition) is 5. The van der Waals surface area contributed by atoms with Crippen LogP contribution in [0.25, 0.3) is 77.8 Å². The molecule has 0 saturated heterocycles. The van der Waals surface area contributed by atoms with Crippen molar-refractivity contribution in [2.45, 2.75) is 0 Å². The van der Waals surface area contributed by atoms with Gasteiger partial charge in [0.05, 0.1) is 11.0 Å². The predicted octanol–water partition coefficient (Wildman–Crippen LogP) is 8.51. The molecule has 6 heteroatoms. The number of ether oxygens (including phenoxy) is 1. The minimum atomic E-state index is 0.476. The molecule has 0 saturated carbocycles. The summed E-state index contributed by atoms with van der Waals surface area (Å²) in [6, 6.07) is 34.4. The zero-order valence-corrected chi connectivity index (χ0v) is 20.5. The van der Waals surface area contributed by atoms with Crippen LogP contribution in [-0.4, -0.2) is 19.9 Å². The number of rotatable bonds is 0. The van der Waals surface area contributed by atoms with E-state index in [4.69, 9.17) is 24.1 Å². The van der Waals surface area contributed by atoms with Gasteiger partial charge in [0.2, 0.25) is 5.88 Å². The lowest BCUT2D eigenvalue weighted by atomic mass is 10.0. The molecule has 1 aliphatic heterocycles. The molecule has 4 aromatic carbocycles. The van der Waals surface area contributed by atoms with Crippen LogP contribution in [0.4, 0.5) is 0 Å². The van der Waals surface area contributed by atoms with Gasteiger partial charge in [-0.05, 0) is 35.9 Å². The van der Waals surface area contributed by atoms with Crippen LogP contribution in [-0.2, 0) is 0 Å². The first-order valence-electron chi connectivity index (χ1n) is 12.8. The van der Waals surface area contributed by atoms with Crippen molar-refractivity contribution in [3.05, 3.63) is 103 Å². The van der Waals surface area contributed by atoms with E-state index >= 15 is 0 Å². The van der Waals surface area contributed by atoms with Crippen molar-refractivity contribution in [2.75, 3.05) is 0 Å². The second kappa shape index (κ2) is 7.52. The van der Waals surface area contributed by atoms with Crippen LogP contribution in [0.3, 0.4) is 0 Å². The van der Waals surface area contributed by atoms with E-state index in [1.807, 2.05) is 60.7 Å². The number of aromatic amines is 1. The third kappa shape index (κ3) is 2.94. The highest BCUT2D eigenvalue weighted by Crippen LogP contribution is 2.41. The van der Waals surface area contributed by atoms with Crippen LogP contribution in [0.1, 0.15) is 0 Å². The lowest BCUT2D eigenvalue weighted by molar-refractivity contribution is 0.464. The van der Waals surface area contributed by atoms with E-state index in [1.54, 1.807) is 0 Å². The number of pyridine rings is 1. The Hall–Kier alpha value is -5.49. The van der Waals surface area contributed by atoms with Crippen molar-refractivity contribution in [2.24, 2.45) is 0 Å². The normalized spacial score (nSPS) is 12.3. The maximum absolute atomic E-state index is 6.40. The number of nitrogens with one attached hydrogen (secondary N) is 1. The van der Waals surface area contributed by atoms with E-state index in [0.29, 0.717) is 34.4 Å². The minimum Gasteiger partial charge on any atom is -0.452 e. The highest BCUT2D eigenvalue weighted by molar-refractivity contribution is 6.17. The summed E-state index contributed by atoms with van der Waals surface area (Å²) in [5.41, 5.74) is 8.65. The molecule has 8 aromatic rings. The average Bonchev–Trinajstić information content (AvgIpc) is 3.55. The molecule has 8 bridgehead atoms. The first kappa shape index (κ1) is 20.6. The third-order valence-electron chi connectivity index (χ3n) is 7.46. The Labute approximate surface area is 221 Å². The minimum absolute atomic E-state index is 0.476. The number of aromatic nitrogens is 4. The molecule has 1 aliphatic rings. The van der Waals surface area contributed by atoms with E-state index in [9.17, 15) is 0 Å². The number of nitrogens with zero attached hydrogens (tertiary/aromatic N) is 3. The Morgan fingerprint density at radius 2 is 1.38 bits per heavy atom. The molecule has 5 heterocycles. The van der Waals surface area contributed by atoms with E-state index < -0.39 is 0 Å². The maximum Gasteiger partial charge on any atom is 0.219 e. The summed E-state index contributed by atoms with van der Waals surface area (Å²) in [4.78, 5) is 18.6. The topological polar surface area (TPSA) is 76.8 Å². The molecule has 1 N–H and O–H groups in total. The molecule has 0 aliphatic carbocycles. The van der Waals surface area contributed by atoms with Crippen molar-refractivity contribution < 1.29 is 9.15 Å². The standard InChI is InChI=1S/C33H18N4O2/c1-2-15-26-23(9-1)30-32(39-26)31-24-13-5-12-22-21-11-4-10-20(28(21)35-29(22)24)18-7-3-8-19(17-18)38-27-16-6-14-25(34-27)33(36-30)37-31/h1-17,35H. The van der Waals surface area contributed by atoms with Crippen molar-refractivity contribution in [3.8, 4) is 45.5 Å². The zero-order chi connectivity index (χ0) is 25.5. The highest BCUT2D eigenvalue weighted by Gasteiger charge is 2.22. The van der Waals surface area contributed by atoms with Gasteiger partial charge in [0.1, 0.15) is 28.2 Å². The largest absolute Gasteiger partial charge is 0.452 e. The van der Waals surface area contributed by atoms with E-state index in [0.717, 1.165) is 55.0 Å². The molecule has 39 heavy (non-hydrogen) atoms. The van der Waals surface area contributed by atoms with E-state index in [1.165, 1.54) is 0 Å². The summed E-state index contributed by atoms with van der Waals surface area (Å²) in [6.07, 6.45) is 0. The van der Waals surface area contributed by atoms with Crippen molar-refractivity contribution in [1.82, 2.24) is 19.9 Å². The summed E-state index contributed by atoms with van der Waals surface area (Å²) >= 11 is 0. The molecule has 0 radical (unpaired) electrons. The van der Waals surface area contributed by atoms with Gasteiger partial charge in [-0.2, -0.15) is 0 Å². The Balaban J connectivity index is 1.49. The number of fused-ring (bicyclic) bond motifs is 14. The summed E-state index contributed by atoms with van der Waals surface area (Å²) < 4.78 is 12.6. The van der Waals surface area contributed by atoms with Crippen LogP contribution >= 0.6 is 0 Å². The summed E-state index contributed by atoms with van der Waals surface area (Å²) in [5.74, 6) is 1.69. The fourth-order valence-electron chi connectivity index (χ4n) is 5.72. The quantitative estimate of drug-likeness (QED) is 0.225. The van der Waals surface area contributed by atoms with Gasteiger partial charge < -0.3 is 14.1 Å². The Bertz CT molecular complexity index is 2280. The summed E-state index contributed by atoms with van der Waals surface area (Å²) in [5, 5.41) is 3.20. The lowest BCUT2D eigenvalue weighted by Crippen LogP contribution is -1.97. The van der Waals surface area contributed by atoms with Gasteiger partial charge in [-0.1, -0.05) is 66.7 Å². The van der Waals surface area contributed by atoms with Crippen LogP contribution in [0.5, 0.6) is 11.6 Å². The van der Waals surface area contributed by atoms with Crippen LogP contribution in [0, 0.1) is 0 Å². The zero-order valence-electron chi connectivity index (χ0n) is 20.5. The van der Waals surface area contributed by atoms with Gasteiger partial charge in [-0.25, -0.2) is 15.0 Å². The third-order valence-corrected chi connectivity index (χ3v) is 7.46. The highest BCUT2D eigenvalue weighted by atomic mass is 16.5. The number of benzene rings is 4. The van der Waals surface area contributed by atoms with Crippen LogP contribution in [0.15, 0.2) is 108 Å². The first-order chi connectivity index (χ1) is 19.3. The van der Waals surface area contributed by atoms with Crippen molar-refractivity contribution >= 4 is 43.9 Å². The van der Waals surface area contributed by atoms with Crippen LogP contribution < -0.4 is 4.74 Å². The molecule has 0 atom stereocenters. The Morgan fingerprint density at radius 3 is 2.31 bits per heavy atom. The van der Waals surface area contributed by atoms with Gasteiger partial charge in [0.25, 0.3) is 0 Å². The molecule has 6 nitrogen and oxygen atoms in total. The molecule has 0 spiro atoms. The maximum atomic E-state index is 6.40. The van der Waals surface area contributed by atoms with Gasteiger partial charge in [0, 0.05) is 33.4 Å². The van der Waals surface area contributed by atoms with Gasteiger partial charge in [0.15, 0.2) is 11.4 Å². The second-order valence-corrected chi connectivity index (χ2v) is 9.74. The average molecular weight is 503 g/mol. The molecular weight excluding hydrogens is 484 g/mol. The lowest BCUT2D eigenvalue weighted by Gasteiger charge is -2.10. The summed E-state index contributed by atoms with van der Waals surface area (Å²) in [6.45, 7) is 0. The molecule has 0 fully saturated rings. The number of para-hydroxylation sites is 3. The SMILES string of the molecule is c1cc2cc(c1)-c1cccc3c1[nH]c1c(cccc13)-c1nc(nc3c1oc1ccccc13)-c1cccc(n1)O2. The molecule has 4 aromatic heterocycles. The predicted molar refractivity (Wildman–Crippen MR) is 153 cm³/mol. The van der Waals surface area contributed by atoms with E-state index in [2.05, 4.69) is 47.4 Å². The van der Waals surface area contributed by atoms with Gasteiger partial charge in [-0.3, -0.25) is 0 Å². The molecule has 182 valence electrons. The summed E-state index contributed by atoms with van der Waals surface area (Å²) in [7, 11) is 0. The van der Waals surface area contributed by atoms with Crippen LogP contribution in [0.2, 0.25) is 0 Å². The molecule has 9 rings (SSSR count). The molecule has 0 unspecified atom stereocenters. The van der Waals surface area contributed by atoms with Crippen molar-refractivity contribution in [1.29, 1.82) is 0 Å². The number of furan rings is 1.